The number of allylic oxidation sites excluding steroid dienone is 1. The molecule has 0 bridgehead atoms. The summed E-state index contributed by atoms with van der Waals surface area (Å²) in [4.78, 5) is 18.1. The molecule has 1 heterocycles. The first kappa shape index (κ1) is 22.0. The van der Waals surface area contributed by atoms with Crippen molar-refractivity contribution >= 4 is 34.6 Å². The number of carbonyl (C=O) groups is 1. The molecule has 0 unspecified atom stereocenters. The highest BCUT2D eigenvalue weighted by molar-refractivity contribution is 7.14. The quantitative estimate of drug-likeness (QED) is 0.594. The molecule has 28 heavy (non-hydrogen) atoms. The maximum atomic E-state index is 13.4. The van der Waals surface area contributed by atoms with Crippen molar-refractivity contribution in [3.8, 4) is 0 Å². The first-order valence-corrected chi connectivity index (χ1v) is 9.60. The van der Waals surface area contributed by atoms with Gasteiger partial charge in [-0.3, -0.25) is 9.79 Å². The molecule has 1 amide bonds. The van der Waals surface area contributed by atoms with Crippen LogP contribution in [0.3, 0.4) is 0 Å². The molecule has 2 aromatic rings. The molecule has 5 N–H and O–H groups in total. The number of thiophene rings is 1. The second-order valence-corrected chi connectivity index (χ2v) is 7.69. The number of hydrogen-bond acceptors (Lipinski definition) is 5. The summed E-state index contributed by atoms with van der Waals surface area (Å²) in [6.45, 7) is 2.00. The van der Waals surface area contributed by atoms with Gasteiger partial charge in [0.2, 0.25) is 0 Å². The first-order valence-electron chi connectivity index (χ1n) is 8.40. The van der Waals surface area contributed by atoms with Gasteiger partial charge in [0.25, 0.3) is 5.91 Å². The van der Waals surface area contributed by atoms with Crippen LogP contribution in [-0.2, 0) is 6.42 Å². The van der Waals surface area contributed by atoms with E-state index in [0.717, 1.165) is 17.0 Å². The summed E-state index contributed by atoms with van der Waals surface area (Å²) in [5.74, 6) is -2.17. The Hall–Kier alpha value is -2.29. The maximum absolute atomic E-state index is 13.4. The lowest BCUT2D eigenvalue weighted by Gasteiger charge is -2.16. The Labute approximate surface area is 171 Å². The minimum Gasteiger partial charge on any atom is -0.403 e. The minimum atomic E-state index is -0.936. The van der Waals surface area contributed by atoms with Crippen molar-refractivity contribution in [1.29, 1.82) is 0 Å². The van der Waals surface area contributed by atoms with Gasteiger partial charge in [-0.2, -0.15) is 0 Å². The first-order chi connectivity index (χ1) is 13.3. The molecule has 0 saturated carbocycles. The molecule has 0 aliphatic heterocycles. The molecule has 150 valence electrons. The molecular weight excluding hydrogens is 406 g/mol. The number of hydrogen-bond donors (Lipinski definition) is 3. The van der Waals surface area contributed by atoms with Crippen LogP contribution in [0.5, 0.6) is 0 Å². The summed E-state index contributed by atoms with van der Waals surface area (Å²) in [7, 11) is 1.59. The zero-order chi connectivity index (χ0) is 20.8. The van der Waals surface area contributed by atoms with E-state index in [2.05, 4.69) is 10.3 Å². The number of carbonyl (C=O) groups excluding carboxylic acids is 1. The van der Waals surface area contributed by atoms with Crippen molar-refractivity contribution in [2.24, 2.45) is 16.5 Å². The molecule has 1 aromatic heterocycles. The highest BCUT2D eigenvalue weighted by Gasteiger charge is 2.20. The Morgan fingerprint density at radius 3 is 2.64 bits per heavy atom. The van der Waals surface area contributed by atoms with Crippen molar-refractivity contribution in [1.82, 2.24) is 5.32 Å². The number of rotatable bonds is 7. The maximum Gasteiger partial charge on any atom is 0.261 e. The van der Waals surface area contributed by atoms with Crippen LogP contribution in [0.25, 0.3) is 0 Å². The molecule has 9 heteroatoms. The standard InChI is InChI=1S/C19H21ClF2N4OS/c1-10-13(18(25-2)14(20)9-24)7-17(28-10)19(27)26-12(8-23)5-11-3-4-15(21)16(22)6-11/h3-4,6-7,9,12H,5,8,23-24H2,1-2H3,(H,26,27)/t12-/m0/s1. The van der Waals surface area contributed by atoms with Gasteiger partial charge in [0, 0.05) is 36.3 Å². The lowest BCUT2D eigenvalue weighted by molar-refractivity contribution is 0.0942. The second kappa shape index (κ2) is 9.77. The van der Waals surface area contributed by atoms with E-state index in [1.807, 2.05) is 6.92 Å². The molecule has 2 rings (SSSR count). The topological polar surface area (TPSA) is 93.5 Å². The van der Waals surface area contributed by atoms with Gasteiger partial charge in [0.1, 0.15) is 0 Å². The van der Waals surface area contributed by atoms with E-state index in [1.54, 1.807) is 13.1 Å². The Morgan fingerprint density at radius 1 is 1.36 bits per heavy atom. The number of nitrogens with zero attached hydrogens (tertiary/aromatic N) is 1. The Balaban J connectivity index is 2.16. The Morgan fingerprint density at radius 2 is 2.07 bits per heavy atom. The van der Waals surface area contributed by atoms with Crippen molar-refractivity contribution in [2.75, 3.05) is 13.6 Å². The number of aliphatic imine (C=N–C) groups is 1. The molecule has 0 aliphatic carbocycles. The molecule has 1 atom stereocenters. The third-order valence-electron chi connectivity index (χ3n) is 4.08. The second-order valence-electron chi connectivity index (χ2n) is 6.03. The number of amides is 1. The van der Waals surface area contributed by atoms with Crippen LogP contribution in [0.15, 0.2) is 40.5 Å². The van der Waals surface area contributed by atoms with Crippen molar-refractivity contribution < 1.29 is 13.6 Å². The summed E-state index contributed by atoms with van der Waals surface area (Å²) >= 11 is 7.37. The Kier molecular flexibility index (Phi) is 7.68. The van der Waals surface area contributed by atoms with Crippen molar-refractivity contribution in [3.63, 3.8) is 0 Å². The molecule has 0 radical (unpaired) electrons. The van der Waals surface area contributed by atoms with Crippen LogP contribution in [0.2, 0.25) is 0 Å². The number of benzene rings is 1. The summed E-state index contributed by atoms with van der Waals surface area (Å²) in [6, 6.07) is 4.87. The number of nitrogens with two attached hydrogens (primary N) is 2. The zero-order valence-electron chi connectivity index (χ0n) is 15.4. The minimum absolute atomic E-state index is 0.144. The third kappa shape index (κ3) is 5.15. The predicted octanol–water partition coefficient (Wildman–Crippen LogP) is 3.09. The van der Waals surface area contributed by atoms with Gasteiger partial charge >= 0.3 is 0 Å². The van der Waals surface area contributed by atoms with Gasteiger partial charge in [0.05, 0.1) is 15.6 Å². The van der Waals surface area contributed by atoms with Gasteiger partial charge in [-0.15, -0.1) is 11.3 Å². The van der Waals surface area contributed by atoms with E-state index in [9.17, 15) is 13.6 Å². The number of halogens is 3. The van der Waals surface area contributed by atoms with E-state index in [-0.39, 0.29) is 23.9 Å². The van der Waals surface area contributed by atoms with E-state index < -0.39 is 17.7 Å². The van der Waals surface area contributed by atoms with Crippen LogP contribution in [0, 0.1) is 18.6 Å². The van der Waals surface area contributed by atoms with Gasteiger partial charge < -0.3 is 16.8 Å². The average Bonchev–Trinajstić information content (AvgIpc) is 3.06. The fourth-order valence-electron chi connectivity index (χ4n) is 2.66. The highest BCUT2D eigenvalue weighted by Crippen LogP contribution is 2.25. The summed E-state index contributed by atoms with van der Waals surface area (Å²) in [5, 5.41) is 3.11. The molecular formula is C19H21ClF2N4OS. The molecule has 0 saturated heterocycles. The van der Waals surface area contributed by atoms with Gasteiger partial charge in [-0.05, 0) is 37.1 Å². The third-order valence-corrected chi connectivity index (χ3v) is 5.43. The normalized spacial score (nSPS) is 13.5. The van der Waals surface area contributed by atoms with Crippen molar-refractivity contribution in [3.05, 3.63) is 68.0 Å². The molecule has 0 spiro atoms. The lowest BCUT2D eigenvalue weighted by Crippen LogP contribution is -2.41. The van der Waals surface area contributed by atoms with E-state index in [0.29, 0.717) is 21.7 Å². The smallest absolute Gasteiger partial charge is 0.261 e. The molecule has 0 fully saturated rings. The van der Waals surface area contributed by atoms with Crippen LogP contribution < -0.4 is 16.8 Å². The van der Waals surface area contributed by atoms with Gasteiger partial charge in [0.15, 0.2) is 11.6 Å². The Bertz CT molecular complexity index is 927. The van der Waals surface area contributed by atoms with Crippen LogP contribution in [0.4, 0.5) is 8.78 Å². The van der Waals surface area contributed by atoms with Crippen LogP contribution >= 0.6 is 22.9 Å². The lowest BCUT2D eigenvalue weighted by atomic mass is 10.1. The summed E-state index contributed by atoms with van der Waals surface area (Å²) in [5.41, 5.74) is 13.0. The average molecular weight is 427 g/mol. The monoisotopic (exact) mass is 426 g/mol. The highest BCUT2D eigenvalue weighted by atomic mass is 35.5. The van der Waals surface area contributed by atoms with Crippen molar-refractivity contribution in [2.45, 2.75) is 19.4 Å². The van der Waals surface area contributed by atoms with E-state index in [1.165, 1.54) is 23.6 Å². The predicted molar refractivity (Wildman–Crippen MR) is 110 cm³/mol. The number of aryl methyl sites for hydroxylation is 1. The van der Waals surface area contributed by atoms with Gasteiger partial charge in [-0.25, -0.2) is 8.78 Å². The molecule has 5 nitrogen and oxygen atoms in total. The molecule has 1 aromatic carbocycles. The zero-order valence-corrected chi connectivity index (χ0v) is 17.0. The number of nitrogens with one attached hydrogen (secondary N) is 1. The largest absolute Gasteiger partial charge is 0.403 e. The van der Waals surface area contributed by atoms with Gasteiger partial charge in [-0.1, -0.05) is 17.7 Å². The fraction of sp³-hybridized carbons (Fsp3) is 0.263. The molecule has 0 aliphatic rings. The van der Waals surface area contributed by atoms with E-state index >= 15 is 0 Å². The van der Waals surface area contributed by atoms with Crippen LogP contribution in [0.1, 0.15) is 25.7 Å². The summed E-state index contributed by atoms with van der Waals surface area (Å²) in [6.07, 6.45) is 1.52. The SMILES string of the molecule is CN=C(C(Cl)=CN)c1cc(C(=O)N[C@H](CN)Cc2ccc(F)c(F)c2)sc1C. The van der Waals surface area contributed by atoms with E-state index in [4.69, 9.17) is 23.1 Å². The fourth-order valence-corrected chi connectivity index (χ4v) is 3.78. The van der Waals surface area contributed by atoms with Crippen LogP contribution in [-0.4, -0.2) is 31.3 Å². The summed E-state index contributed by atoms with van der Waals surface area (Å²) < 4.78 is 26.5.